The minimum Gasteiger partial charge on any atom is -0.459 e. The normalized spacial score (nSPS) is 15.0. The van der Waals surface area contributed by atoms with Gasteiger partial charge in [-0.05, 0) is 36.4 Å². The lowest BCUT2D eigenvalue weighted by Crippen LogP contribution is -2.51. The molecule has 0 radical (unpaired) electrons. The van der Waals surface area contributed by atoms with E-state index in [1.807, 2.05) is 4.90 Å². The number of furan rings is 1. The first kappa shape index (κ1) is 17.0. The number of benzene rings is 1. The van der Waals surface area contributed by atoms with Gasteiger partial charge in [0.25, 0.3) is 5.91 Å². The highest BCUT2D eigenvalue weighted by Gasteiger charge is 2.19. The first-order valence-electron chi connectivity index (χ1n) is 7.97. The number of hydrogen-bond acceptors (Lipinski definition) is 5. The Labute approximate surface area is 144 Å². The average molecular weight is 346 g/mol. The molecule has 2 aromatic rings. The van der Waals surface area contributed by atoms with Crippen LogP contribution in [0.4, 0.5) is 10.1 Å². The predicted molar refractivity (Wildman–Crippen MR) is 89.4 cm³/mol. The average Bonchev–Trinajstić information content (AvgIpc) is 3.16. The molecule has 8 heteroatoms. The Morgan fingerprint density at radius 3 is 2.40 bits per heavy atom. The summed E-state index contributed by atoms with van der Waals surface area (Å²) in [5, 5.41) is 0. The molecule has 1 aromatic heterocycles. The quantitative estimate of drug-likeness (QED) is 0.808. The van der Waals surface area contributed by atoms with Gasteiger partial charge in [-0.1, -0.05) is 0 Å². The van der Waals surface area contributed by atoms with E-state index in [4.69, 9.17) is 4.42 Å². The number of hydrogen-bond donors (Lipinski definition) is 2. The number of hydrazine groups is 1. The predicted octanol–water partition coefficient (Wildman–Crippen LogP) is 1.00. The minimum absolute atomic E-state index is 0.133. The number of carbonyl (C=O) groups excluding carboxylic acids is 2. The van der Waals surface area contributed by atoms with Crippen molar-refractivity contribution in [3.8, 4) is 0 Å². The smallest absolute Gasteiger partial charge is 0.305 e. The van der Waals surface area contributed by atoms with Gasteiger partial charge in [-0.25, -0.2) is 4.39 Å². The molecule has 0 bridgehead atoms. The maximum absolute atomic E-state index is 13.0. The van der Waals surface area contributed by atoms with Crippen molar-refractivity contribution in [2.45, 2.75) is 0 Å². The van der Waals surface area contributed by atoms with E-state index in [2.05, 4.69) is 15.8 Å². The summed E-state index contributed by atoms with van der Waals surface area (Å²) in [5.74, 6) is -0.918. The Morgan fingerprint density at radius 2 is 1.76 bits per heavy atom. The number of halogens is 1. The second-order valence-corrected chi connectivity index (χ2v) is 5.72. The monoisotopic (exact) mass is 346 g/mol. The van der Waals surface area contributed by atoms with Crippen LogP contribution < -0.4 is 15.8 Å². The maximum atomic E-state index is 13.0. The zero-order valence-electron chi connectivity index (χ0n) is 13.6. The number of nitrogens with zero attached hydrogens (tertiary/aromatic N) is 2. The highest BCUT2D eigenvalue weighted by atomic mass is 19.1. The summed E-state index contributed by atoms with van der Waals surface area (Å²) < 4.78 is 17.9. The molecule has 132 valence electrons. The lowest BCUT2D eigenvalue weighted by molar-refractivity contribution is -0.123. The Hall–Kier alpha value is -2.87. The van der Waals surface area contributed by atoms with Crippen LogP contribution in [-0.2, 0) is 4.79 Å². The van der Waals surface area contributed by atoms with Gasteiger partial charge in [-0.2, -0.15) is 0 Å². The summed E-state index contributed by atoms with van der Waals surface area (Å²) in [7, 11) is 0. The molecule has 7 nitrogen and oxygen atoms in total. The lowest BCUT2D eigenvalue weighted by atomic mass is 10.2. The van der Waals surface area contributed by atoms with Gasteiger partial charge >= 0.3 is 5.91 Å². The Kier molecular flexibility index (Phi) is 5.30. The maximum Gasteiger partial charge on any atom is 0.305 e. The van der Waals surface area contributed by atoms with Gasteiger partial charge in [0.1, 0.15) is 5.82 Å². The molecule has 0 spiro atoms. The van der Waals surface area contributed by atoms with Crippen LogP contribution in [0, 0.1) is 5.82 Å². The number of nitrogens with one attached hydrogen (secondary N) is 2. The molecule has 0 unspecified atom stereocenters. The van der Waals surface area contributed by atoms with E-state index >= 15 is 0 Å². The number of piperazine rings is 1. The number of carbonyl (C=O) groups is 2. The van der Waals surface area contributed by atoms with E-state index in [1.165, 1.54) is 24.5 Å². The first-order chi connectivity index (χ1) is 12.1. The molecule has 3 rings (SSSR count). The molecule has 0 saturated carbocycles. The van der Waals surface area contributed by atoms with E-state index in [0.717, 1.165) is 18.8 Å². The van der Waals surface area contributed by atoms with Crippen molar-refractivity contribution >= 4 is 17.5 Å². The van der Waals surface area contributed by atoms with Crippen LogP contribution in [0.3, 0.4) is 0 Å². The Bertz CT molecular complexity index is 710. The van der Waals surface area contributed by atoms with Crippen LogP contribution in [0.5, 0.6) is 0 Å². The third-order valence-corrected chi connectivity index (χ3v) is 3.99. The lowest BCUT2D eigenvalue weighted by Gasteiger charge is -2.35. The van der Waals surface area contributed by atoms with Gasteiger partial charge < -0.3 is 9.32 Å². The summed E-state index contributed by atoms with van der Waals surface area (Å²) in [6.45, 7) is 3.10. The molecule has 0 atom stereocenters. The van der Waals surface area contributed by atoms with Crippen LogP contribution >= 0.6 is 0 Å². The van der Waals surface area contributed by atoms with Gasteiger partial charge in [0.05, 0.1) is 12.8 Å². The van der Waals surface area contributed by atoms with Crippen molar-refractivity contribution in [2.24, 2.45) is 0 Å². The fraction of sp³-hybridized carbons (Fsp3) is 0.294. The molecular weight excluding hydrogens is 327 g/mol. The fourth-order valence-electron chi connectivity index (χ4n) is 2.65. The van der Waals surface area contributed by atoms with E-state index in [0.29, 0.717) is 13.1 Å². The minimum atomic E-state index is -0.500. The summed E-state index contributed by atoms with van der Waals surface area (Å²) >= 11 is 0. The number of rotatable bonds is 4. The van der Waals surface area contributed by atoms with Crippen LogP contribution in [0.1, 0.15) is 10.6 Å². The van der Waals surface area contributed by atoms with Crippen LogP contribution in [-0.4, -0.2) is 49.4 Å². The van der Waals surface area contributed by atoms with Crippen molar-refractivity contribution in [2.75, 3.05) is 37.6 Å². The van der Waals surface area contributed by atoms with E-state index in [1.54, 1.807) is 18.2 Å². The molecule has 0 aliphatic carbocycles. The molecule has 1 saturated heterocycles. The molecule has 1 aromatic carbocycles. The van der Waals surface area contributed by atoms with E-state index in [-0.39, 0.29) is 24.0 Å². The van der Waals surface area contributed by atoms with Gasteiger partial charge in [-0.15, -0.1) is 0 Å². The van der Waals surface area contributed by atoms with Gasteiger partial charge in [0, 0.05) is 31.9 Å². The van der Waals surface area contributed by atoms with Crippen LogP contribution in [0.25, 0.3) is 0 Å². The zero-order valence-corrected chi connectivity index (χ0v) is 13.6. The van der Waals surface area contributed by atoms with Gasteiger partial charge in [0.15, 0.2) is 5.76 Å². The Morgan fingerprint density at radius 1 is 1.04 bits per heavy atom. The van der Waals surface area contributed by atoms with E-state index < -0.39 is 5.91 Å². The van der Waals surface area contributed by atoms with Crippen molar-refractivity contribution < 1.29 is 18.4 Å². The number of anilines is 1. The van der Waals surface area contributed by atoms with Crippen molar-refractivity contribution in [3.05, 3.63) is 54.2 Å². The topological polar surface area (TPSA) is 77.8 Å². The van der Waals surface area contributed by atoms with Gasteiger partial charge in [-0.3, -0.25) is 25.3 Å². The standard InChI is InChI=1S/C17H19FN4O3/c18-13-3-5-14(6-4-13)22-9-7-21(8-10-22)12-16(23)19-20-17(24)15-2-1-11-25-15/h1-6,11H,7-10,12H2,(H,19,23)(H,20,24). The molecule has 25 heavy (non-hydrogen) atoms. The third-order valence-electron chi connectivity index (χ3n) is 3.99. The first-order valence-corrected chi connectivity index (χ1v) is 7.97. The third kappa shape index (κ3) is 4.57. The zero-order chi connectivity index (χ0) is 17.6. The summed E-state index contributed by atoms with van der Waals surface area (Å²) in [4.78, 5) is 27.7. The van der Waals surface area contributed by atoms with Gasteiger partial charge in [0.2, 0.25) is 0 Å². The molecule has 1 aliphatic heterocycles. The fourth-order valence-corrected chi connectivity index (χ4v) is 2.65. The molecule has 2 heterocycles. The SMILES string of the molecule is O=C(CN1CCN(c2ccc(F)cc2)CC1)NNC(=O)c1ccco1. The second-order valence-electron chi connectivity index (χ2n) is 5.72. The Balaban J connectivity index is 1.40. The molecular formula is C17H19FN4O3. The highest BCUT2D eigenvalue weighted by molar-refractivity contribution is 5.93. The summed E-state index contributed by atoms with van der Waals surface area (Å²) in [6, 6.07) is 9.49. The van der Waals surface area contributed by atoms with Crippen molar-refractivity contribution in [1.29, 1.82) is 0 Å². The second kappa shape index (κ2) is 7.80. The molecule has 1 aliphatic rings. The largest absolute Gasteiger partial charge is 0.459 e. The molecule has 2 N–H and O–H groups in total. The number of amides is 2. The molecule has 1 fully saturated rings. The van der Waals surface area contributed by atoms with Crippen molar-refractivity contribution in [1.82, 2.24) is 15.8 Å². The summed E-state index contributed by atoms with van der Waals surface area (Å²) in [6.07, 6.45) is 1.39. The summed E-state index contributed by atoms with van der Waals surface area (Å²) in [5.41, 5.74) is 5.65. The molecule has 2 amide bonds. The van der Waals surface area contributed by atoms with Crippen LogP contribution in [0.15, 0.2) is 47.1 Å². The highest BCUT2D eigenvalue weighted by Crippen LogP contribution is 2.16. The van der Waals surface area contributed by atoms with Crippen molar-refractivity contribution in [3.63, 3.8) is 0 Å². The van der Waals surface area contributed by atoms with Crippen LogP contribution in [0.2, 0.25) is 0 Å². The van der Waals surface area contributed by atoms with E-state index in [9.17, 15) is 14.0 Å².